The molecule has 0 radical (unpaired) electrons. The molecule has 0 saturated carbocycles. The summed E-state index contributed by atoms with van der Waals surface area (Å²) < 4.78 is 28.4. The van der Waals surface area contributed by atoms with E-state index >= 15 is 0 Å². The Kier molecular flexibility index (Phi) is 4.96. The van der Waals surface area contributed by atoms with Crippen molar-refractivity contribution in [3.63, 3.8) is 0 Å². The van der Waals surface area contributed by atoms with Crippen LogP contribution in [0.1, 0.15) is 39.6 Å². The molecule has 2 aliphatic heterocycles. The van der Waals surface area contributed by atoms with Crippen LogP contribution in [0.4, 0.5) is 4.39 Å². The third-order valence-corrected chi connectivity index (χ3v) is 6.77. The third kappa shape index (κ3) is 3.15. The van der Waals surface area contributed by atoms with Crippen LogP contribution in [-0.4, -0.2) is 45.1 Å². The van der Waals surface area contributed by atoms with Gasteiger partial charge in [0.15, 0.2) is 0 Å². The zero-order valence-corrected chi connectivity index (χ0v) is 18.7. The second kappa shape index (κ2) is 8.03. The van der Waals surface area contributed by atoms with E-state index < -0.39 is 0 Å². The maximum absolute atomic E-state index is 14.2. The summed E-state index contributed by atoms with van der Waals surface area (Å²) in [5, 5.41) is 0. The molecule has 2 aromatic carbocycles. The summed E-state index contributed by atoms with van der Waals surface area (Å²) in [5.41, 5.74) is 3.34. The fourth-order valence-corrected chi connectivity index (χ4v) is 5.07. The molecule has 2 aliphatic rings. The second-order valence-electron chi connectivity index (χ2n) is 8.79. The molecule has 1 amide bonds. The number of rotatable bonds is 4. The molecule has 4 aromatic rings. The lowest BCUT2D eigenvalue weighted by Gasteiger charge is -2.18. The molecule has 9 heteroatoms. The van der Waals surface area contributed by atoms with Crippen molar-refractivity contribution in [2.45, 2.75) is 32.2 Å². The predicted octanol–water partition coefficient (Wildman–Crippen LogP) is 3.05. The summed E-state index contributed by atoms with van der Waals surface area (Å²) >= 11 is 0. The first-order chi connectivity index (χ1) is 16.6. The topological polar surface area (TPSA) is 78.1 Å². The summed E-state index contributed by atoms with van der Waals surface area (Å²) in [7, 11) is 1.52. The highest BCUT2D eigenvalue weighted by atomic mass is 19.1. The number of fused-ring (bicyclic) bond motifs is 4. The van der Waals surface area contributed by atoms with Crippen molar-refractivity contribution in [1.82, 2.24) is 18.9 Å². The SMILES string of the molecule is COCn1c(=O)c2cnc(C3CCOC3)n2c2ccc(C(=O)N3Cc4cccc(F)c4C3)cc21. The number of amides is 1. The molecule has 34 heavy (non-hydrogen) atoms. The van der Waals surface area contributed by atoms with Crippen molar-refractivity contribution in [1.29, 1.82) is 0 Å². The first-order valence-electron chi connectivity index (χ1n) is 11.2. The number of methoxy groups -OCH3 is 1. The van der Waals surface area contributed by atoms with Crippen molar-refractivity contribution in [2.75, 3.05) is 20.3 Å². The standard InChI is InChI=1S/C25H23FN4O4/c1-33-14-29-21-9-15(24(31)28-11-16-3-2-4-19(26)18(16)12-28)5-6-20(21)30-22(25(29)32)10-27-23(30)17-7-8-34-13-17/h2-6,9-10,17H,7-8,11-14H2,1H3. The Labute approximate surface area is 194 Å². The molecule has 0 bridgehead atoms. The molecule has 6 rings (SSSR count). The maximum Gasteiger partial charge on any atom is 0.278 e. The highest BCUT2D eigenvalue weighted by Gasteiger charge is 2.28. The average molecular weight is 462 g/mol. The number of halogens is 1. The van der Waals surface area contributed by atoms with E-state index in [0.29, 0.717) is 41.9 Å². The van der Waals surface area contributed by atoms with Crippen LogP contribution in [-0.2, 0) is 29.3 Å². The molecular formula is C25H23FN4O4. The van der Waals surface area contributed by atoms with E-state index in [4.69, 9.17) is 9.47 Å². The number of aromatic nitrogens is 3. The van der Waals surface area contributed by atoms with Crippen molar-refractivity contribution in [3.8, 4) is 0 Å². The van der Waals surface area contributed by atoms with Gasteiger partial charge in [-0.25, -0.2) is 9.37 Å². The fourth-order valence-electron chi connectivity index (χ4n) is 5.07. The van der Waals surface area contributed by atoms with Gasteiger partial charge in [0.25, 0.3) is 11.5 Å². The Hall–Kier alpha value is -3.56. The van der Waals surface area contributed by atoms with Crippen LogP contribution in [0.2, 0.25) is 0 Å². The van der Waals surface area contributed by atoms with Gasteiger partial charge >= 0.3 is 0 Å². The molecule has 0 N–H and O–H groups in total. The van der Waals surface area contributed by atoms with Crippen LogP contribution in [0.3, 0.4) is 0 Å². The minimum atomic E-state index is -0.300. The monoisotopic (exact) mass is 462 g/mol. The average Bonchev–Trinajstić information content (AvgIpc) is 3.60. The highest BCUT2D eigenvalue weighted by molar-refractivity contribution is 5.98. The van der Waals surface area contributed by atoms with E-state index in [1.165, 1.54) is 17.7 Å². The molecule has 1 atom stereocenters. The van der Waals surface area contributed by atoms with Gasteiger partial charge in [0.1, 0.15) is 23.9 Å². The Morgan fingerprint density at radius 2 is 2.09 bits per heavy atom. The van der Waals surface area contributed by atoms with E-state index in [-0.39, 0.29) is 36.5 Å². The fraction of sp³-hybridized carbons (Fsp3) is 0.320. The molecule has 1 fully saturated rings. The third-order valence-electron chi connectivity index (χ3n) is 6.77. The number of ether oxygens (including phenoxy) is 2. The summed E-state index contributed by atoms with van der Waals surface area (Å²) in [6.07, 6.45) is 2.43. The van der Waals surface area contributed by atoms with Crippen molar-refractivity contribution in [3.05, 3.63) is 81.3 Å². The lowest BCUT2D eigenvalue weighted by molar-refractivity contribution is 0.0750. The highest BCUT2D eigenvalue weighted by Crippen LogP contribution is 2.29. The van der Waals surface area contributed by atoms with Crippen molar-refractivity contribution in [2.24, 2.45) is 0 Å². The molecule has 2 aromatic heterocycles. The van der Waals surface area contributed by atoms with Crippen LogP contribution in [0.5, 0.6) is 0 Å². The number of carbonyl (C=O) groups is 1. The Bertz CT molecular complexity index is 1500. The zero-order chi connectivity index (χ0) is 23.4. The van der Waals surface area contributed by atoms with E-state index in [9.17, 15) is 14.0 Å². The van der Waals surface area contributed by atoms with Crippen LogP contribution in [0.15, 0.2) is 47.4 Å². The Morgan fingerprint density at radius 3 is 2.85 bits per heavy atom. The summed E-state index contributed by atoms with van der Waals surface area (Å²) in [6, 6.07) is 10.2. The molecule has 0 spiro atoms. The molecule has 1 unspecified atom stereocenters. The first kappa shape index (κ1) is 21.0. The lowest BCUT2D eigenvalue weighted by Crippen LogP contribution is -2.27. The van der Waals surface area contributed by atoms with Gasteiger partial charge in [-0.15, -0.1) is 0 Å². The smallest absolute Gasteiger partial charge is 0.278 e. The number of carbonyl (C=O) groups excluding carboxylic acids is 1. The number of benzene rings is 2. The zero-order valence-electron chi connectivity index (χ0n) is 18.7. The summed E-state index contributed by atoms with van der Waals surface area (Å²) in [4.78, 5) is 32.9. The summed E-state index contributed by atoms with van der Waals surface area (Å²) in [5.74, 6) is 0.363. The quantitative estimate of drug-likeness (QED) is 0.466. The van der Waals surface area contributed by atoms with Gasteiger partial charge in [-0.05, 0) is 36.2 Å². The van der Waals surface area contributed by atoms with Gasteiger partial charge in [-0.2, -0.15) is 0 Å². The van der Waals surface area contributed by atoms with Gasteiger partial charge in [0.2, 0.25) is 0 Å². The molecule has 4 heterocycles. The molecule has 8 nitrogen and oxygen atoms in total. The number of hydrogen-bond acceptors (Lipinski definition) is 5. The molecule has 1 saturated heterocycles. The van der Waals surface area contributed by atoms with Gasteiger partial charge in [0, 0.05) is 43.9 Å². The van der Waals surface area contributed by atoms with Gasteiger partial charge in [-0.1, -0.05) is 12.1 Å². The van der Waals surface area contributed by atoms with Crippen molar-refractivity contribution < 1.29 is 18.7 Å². The Morgan fingerprint density at radius 1 is 1.21 bits per heavy atom. The maximum atomic E-state index is 14.2. The van der Waals surface area contributed by atoms with E-state index in [1.54, 1.807) is 29.3 Å². The minimum absolute atomic E-state index is 0.0386. The lowest BCUT2D eigenvalue weighted by atomic mass is 10.1. The number of nitrogens with zero attached hydrogens (tertiary/aromatic N) is 4. The van der Waals surface area contributed by atoms with Crippen LogP contribution in [0.25, 0.3) is 16.6 Å². The van der Waals surface area contributed by atoms with Gasteiger partial charge in [0.05, 0.1) is 23.8 Å². The largest absolute Gasteiger partial charge is 0.381 e. The van der Waals surface area contributed by atoms with Crippen LogP contribution >= 0.6 is 0 Å². The van der Waals surface area contributed by atoms with Gasteiger partial charge in [-0.3, -0.25) is 18.6 Å². The molecule has 0 aliphatic carbocycles. The van der Waals surface area contributed by atoms with Gasteiger partial charge < -0.3 is 14.4 Å². The van der Waals surface area contributed by atoms with Crippen LogP contribution in [0, 0.1) is 5.82 Å². The minimum Gasteiger partial charge on any atom is -0.381 e. The molecular weight excluding hydrogens is 439 g/mol. The summed E-state index contributed by atoms with van der Waals surface area (Å²) in [6.45, 7) is 1.83. The number of imidazole rings is 1. The Balaban J connectivity index is 1.48. The van der Waals surface area contributed by atoms with E-state index in [2.05, 4.69) is 4.98 Å². The normalized spacial score (nSPS) is 17.7. The second-order valence-corrected chi connectivity index (χ2v) is 8.79. The van der Waals surface area contributed by atoms with E-state index in [0.717, 1.165) is 23.3 Å². The molecule has 174 valence electrons. The first-order valence-corrected chi connectivity index (χ1v) is 11.2. The number of hydrogen-bond donors (Lipinski definition) is 0. The van der Waals surface area contributed by atoms with Crippen LogP contribution < -0.4 is 5.56 Å². The predicted molar refractivity (Wildman–Crippen MR) is 122 cm³/mol. The van der Waals surface area contributed by atoms with Crippen molar-refractivity contribution >= 4 is 22.5 Å². The van der Waals surface area contributed by atoms with E-state index in [1.807, 2.05) is 16.5 Å².